The van der Waals surface area contributed by atoms with E-state index in [4.69, 9.17) is 5.11 Å². The van der Waals surface area contributed by atoms with Gasteiger partial charge in [-0.3, -0.25) is 4.79 Å². The zero-order chi connectivity index (χ0) is 14.4. The topological polar surface area (TPSA) is 49.3 Å². The van der Waals surface area contributed by atoms with Crippen molar-refractivity contribution in [1.82, 2.24) is 0 Å². The van der Waals surface area contributed by atoms with Gasteiger partial charge in [-0.05, 0) is 36.3 Å². The normalized spacial score (nSPS) is 10.7. The van der Waals surface area contributed by atoms with E-state index in [-0.39, 0.29) is 12.5 Å². The van der Waals surface area contributed by atoms with Crippen LogP contribution in [0.2, 0.25) is 0 Å². The smallest absolute Gasteiger partial charge is 0.248 e. The SMILES string of the molecule is Cc1ccc(/C=C/C(=O)Nc2cccc(CO)c2)cc1. The lowest BCUT2D eigenvalue weighted by Crippen LogP contribution is -2.07. The first-order valence-corrected chi connectivity index (χ1v) is 6.43. The molecule has 0 radical (unpaired) electrons. The number of aliphatic hydroxyl groups excluding tert-OH is 1. The van der Waals surface area contributed by atoms with Crippen LogP contribution in [0.4, 0.5) is 5.69 Å². The maximum atomic E-state index is 11.8. The maximum Gasteiger partial charge on any atom is 0.248 e. The molecular weight excluding hydrogens is 250 g/mol. The summed E-state index contributed by atoms with van der Waals surface area (Å²) in [6.07, 6.45) is 3.26. The number of benzene rings is 2. The Labute approximate surface area is 118 Å². The van der Waals surface area contributed by atoms with E-state index in [9.17, 15) is 4.79 Å². The number of rotatable bonds is 4. The zero-order valence-electron chi connectivity index (χ0n) is 11.3. The number of hydrogen-bond donors (Lipinski definition) is 2. The van der Waals surface area contributed by atoms with Gasteiger partial charge >= 0.3 is 0 Å². The Hall–Kier alpha value is -2.39. The van der Waals surface area contributed by atoms with Crippen molar-refractivity contribution in [1.29, 1.82) is 0 Å². The average Bonchev–Trinajstić information content (AvgIpc) is 2.47. The second-order valence-corrected chi connectivity index (χ2v) is 4.59. The molecular formula is C17H17NO2. The summed E-state index contributed by atoms with van der Waals surface area (Å²) in [6.45, 7) is 1.98. The molecule has 0 unspecified atom stereocenters. The summed E-state index contributed by atoms with van der Waals surface area (Å²) in [5.41, 5.74) is 3.61. The predicted octanol–water partition coefficient (Wildman–Crippen LogP) is 3.14. The lowest BCUT2D eigenvalue weighted by atomic mass is 10.1. The van der Waals surface area contributed by atoms with Gasteiger partial charge in [-0.1, -0.05) is 42.0 Å². The van der Waals surface area contributed by atoms with E-state index in [1.807, 2.05) is 31.2 Å². The summed E-state index contributed by atoms with van der Waals surface area (Å²) in [7, 11) is 0. The first kappa shape index (κ1) is 14.0. The summed E-state index contributed by atoms with van der Waals surface area (Å²) in [5, 5.41) is 11.8. The van der Waals surface area contributed by atoms with Gasteiger partial charge in [0.25, 0.3) is 0 Å². The zero-order valence-corrected chi connectivity index (χ0v) is 11.3. The van der Waals surface area contributed by atoms with Crippen LogP contribution in [-0.2, 0) is 11.4 Å². The quantitative estimate of drug-likeness (QED) is 0.836. The lowest BCUT2D eigenvalue weighted by molar-refractivity contribution is -0.111. The molecule has 3 nitrogen and oxygen atoms in total. The standard InChI is InChI=1S/C17H17NO2/c1-13-5-7-14(8-6-13)9-10-17(20)18-16-4-2-3-15(11-16)12-19/h2-11,19H,12H2,1H3,(H,18,20)/b10-9+. The maximum absolute atomic E-state index is 11.8. The number of hydrogen-bond acceptors (Lipinski definition) is 2. The minimum Gasteiger partial charge on any atom is -0.392 e. The van der Waals surface area contributed by atoms with E-state index in [0.717, 1.165) is 11.1 Å². The summed E-state index contributed by atoms with van der Waals surface area (Å²) < 4.78 is 0. The highest BCUT2D eigenvalue weighted by Gasteiger charge is 1.99. The number of carbonyl (C=O) groups excluding carboxylic acids is 1. The summed E-state index contributed by atoms with van der Waals surface area (Å²) >= 11 is 0. The number of nitrogens with one attached hydrogen (secondary N) is 1. The molecule has 2 N–H and O–H groups in total. The molecule has 0 aliphatic rings. The summed E-state index contributed by atoms with van der Waals surface area (Å²) in [6, 6.07) is 15.1. The fourth-order valence-corrected chi connectivity index (χ4v) is 1.78. The van der Waals surface area contributed by atoms with E-state index >= 15 is 0 Å². The van der Waals surface area contributed by atoms with Gasteiger partial charge in [-0.15, -0.1) is 0 Å². The average molecular weight is 267 g/mol. The van der Waals surface area contributed by atoms with Gasteiger partial charge < -0.3 is 10.4 Å². The van der Waals surface area contributed by atoms with E-state index in [1.54, 1.807) is 30.3 Å². The van der Waals surface area contributed by atoms with Crippen LogP contribution in [0.15, 0.2) is 54.6 Å². The molecule has 0 aliphatic heterocycles. The molecule has 0 heterocycles. The monoisotopic (exact) mass is 267 g/mol. The highest BCUT2D eigenvalue weighted by atomic mass is 16.3. The number of anilines is 1. The Morgan fingerprint density at radius 3 is 2.65 bits per heavy atom. The molecule has 0 fully saturated rings. The molecule has 3 heteroatoms. The summed E-state index contributed by atoms with van der Waals surface area (Å²) in [5.74, 6) is -0.194. The summed E-state index contributed by atoms with van der Waals surface area (Å²) in [4.78, 5) is 11.8. The predicted molar refractivity (Wildman–Crippen MR) is 81.2 cm³/mol. The lowest BCUT2D eigenvalue weighted by Gasteiger charge is -2.03. The molecule has 2 aromatic rings. The van der Waals surface area contributed by atoms with Crippen molar-refractivity contribution in [3.05, 3.63) is 71.3 Å². The van der Waals surface area contributed by atoms with Crippen molar-refractivity contribution < 1.29 is 9.90 Å². The highest BCUT2D eigenvalue weighted by Crippen LogP contribution is 2.11. The van der Waals surface area contributed by atoms with Crippen LogP contribution >= 0.6 is 0 Å². The Balaban J connectivity index is 1.99. The van der Waals surface area contributed by atoms with Gasteiger partial charge in [0.2, 0.25) is 5.91 Å². The molecule has 2 aromatic carbocycles. The van der Waals surface area contributed by atoms with Crippen LogP contribution in [0.3, 0.4) is 0 Å². The van der Waals surface area contributed by atoms with Gasteiger partial charge in [0.15, 0.2) is 0 Å². The Bertz CT molecular complexity index is 615. The Morgan fingerprint density at radius 1 is 1.20 bits per heavy atom. The number of aryl methyl sites for hydroxylation is 1. The first-order chi connectivity index (χ1) is 9.67. The van der Waals surface area contributed by atoms with E-state index in [1.165, 1.54) is 11.6 Å². The minimum atomic E-state index is -0.194. The van der Waals surface area contributed by atoms with Crippen molar-refractivity contribution >= 4 is 17.7 Å². The molecule has 102 valence electrons. The van der Waals surface area contributed by atoms with Gasteiger partial charge in [0.05, 0.1) is 6.61 Å². The minimum absolute atomic E-state index is 0.0388. The van der Waals surface area contributed by atoms with Crippen molar-refractivity contribution in [2.24, 2.45) is 0 Å². The number of carbonyl (C=O) groups is 1. The van der Waals surface area contributed by atoms with Gasteiger partial charge in [0, 0.05) is 11.8 Å². The molecule has 0 aliphatic carbocycles. The van der Waals surface area contributed by atoms with Crippen LogP contribution < -0.4 is 5.32 Å². The van der Waals surface area contributed by atoms with Crippen molar-refractivity contribution in [3.8, 4) is 0 Å². The third kappa shape index (κ3) is 4.07. The van der Waals surface area contributed by atoms with Crippen LogP contribution in [-0.4, -0.2) is 11.0 Å². The van der Waals surface area contributed by atoms with Crippen molar-refractivity contribution in [2.45, 2.75) is 13.5 Å². The molecule has 0 bridgehead atoms. The van der Waals surface area contributed by atoms with Crippen molar-refractivity contribution in [2.75, 3.05) is 5.32 Å². The fraction of sp³-hybridized carbons (Fsp3) is 0.118. The second kappa shape index (κ2) is 6.68. The number of aliphatic hydroxyl groups is 1. The molecule has 0 saturated carbocycles. The fourth-order valence-electron chi connectivity index (χ4n) is 1.78. The van der Waals surface area contributed by atoms with Crippen LogP contribution in [0.5, 0.6) is 0 Å². The Morgan fingerprint density at radius 2 is 1.95 bits per heavy atom. The molecule has 0 saturated heterocycles. The van der Waals surface area contributed by atoms with Gasteiger partial charge in [-0.25, -0.2) is 0 Å². The highest BCUT2D eigenvalue weighted by molar-refractivity contribution is 6.01. The van der Waals surface area contributed by atoms with E-state index in [2.05, 4.69) is 5.32 Å². The molecule has 0 aromatic heterocycles. The third-order valence-corrected chi connectivity index (χ3v) is 2.88. The molecule has 2 rings (SSSR count). The molecule has 0 spiro atoms. The third-order valence-electron chi connectivity index (χ3n) is 2.88. The van der Waals surface area contributed by atoms with Crippen LogP contribution in [0.1, 0.15) is 16.7 Å². The van der Waals surface area contributed by atoms with E-state index in [0.29, 0.717) is 5.69 Å². The van der Waals surface area contributed by atoms with Gasteiger partial charge in [0.1, 0.15) is 0 Å². The van der Waals surface area contributed by atoms with Gasteiger partial charge in [-0.2, -0.15) is 0 Å². The molecule has 1 amide bonds. The largest absolute Gasteiger partial charge is 0.392 e. The Kier molecular flexibility index (Phi) is 4.69. The van der Waals surface area contributed by atoms with Crippen LogP contribution in [0.25, 0.3) is 6.08 Å². The van der Waals surface area contributed by atoms with Crippen LogP contribution in [0, 0.1) is 6.92 Å². The molecule has 0 atom stereocenters. The first-order valence-electron chi connectivity index (χ1n) is 6.43. The van der Waals surface area contributed by atoms with Crippen molar-refractivity contribution in [3.63, 3.8) is 0 Å². The second-order valence-electron chi connectivity index (χ2n) is 4.59. The molecule has 20 heavy (non-hydrogen) atoms. The van der Waals surface area contributed by atoms with E-state index < -0.39 is 0 Å². The number of amides is 1.